The van der Waals surface area contributed by atoms with E-state index in [-0.39, 0.29) is 5.82 Å². The van der Waals surface area contributed by atoms with E-state index in [1.807, 2.05) is 0 Å². The second-order valence-electron chi connectivity index (χ2n) is 5.82. The van der Waals surface area contributed by atoms with Crippen molar-refractivity contribution in [2.24, 2.45) is 4.99 Å². The Morgan fingerprint density at radius 1 is 0.750 bits per heavy atom. The van der Waals surface area contributed by atoms with Gasteiger partial charge < -0.3 is 0 Å². The molecule has 0 bridgehead atoms. The maximum atomic E-state index is 13.0. The highest BCUT2D eigenvalue weighted by molar-refractivity contribution is 6.02. The Morgan fingerprint density at radius 3 is 1.96 bits per heavy atom. The predicted molar refractivity (Wildman–Crippen MR) is 99.2 cm³/mol. The van der Waals surface area contributed by atoms with Gasteiger partial charge in [-0.3, -0.25) is 4.99 Å². The van der Waals surface area contributed by atoms with Gasteiger partial charge in [-0.25, -0.2) is 4.39 Å². The molecule has 0 radical (unpaired) electrons. The summed E-state index contributed by atoms with van der Waals surface area (Å²) in [4.78, 5) is 4.59. The van der Waals surface area contributed by atoms with Crippen LogP contribution in [0.1, 0.15) is 11.1 Å². The number of aliphatic imine (C=N–C) groups is 1. The smallest absolute Gasteiger partial charge is 0.123 e. The molecule has 0 saturated heterocycles. The predicted octanol–water partition coefficient (Wildman–Crippen LogP) is 5.75. The lowest BCUT2D eigenvalue weighted by Crippen LogP contribution is -1.90. The molecule has 0 spiro atoms. The van der Waals surface area contributed by atoms with Crippen molar-refractivity contribution in [3.05, 3.63) is 95.8 Å². The van der Waals surface area contributed by atoms with Gasteiger partial charge in [-0.1, -0.05) is 60.7 Å². The molecule has 0 N–H and O–H groups in total. The quantitative estimate of drug-likeness (QED) is 0.337. The molecule has 0 aliphatic carbocycles. The molecule has 4 aromatic carbocycles. The Bertz CT molecular complexity index is 979. The molecule has 0 fully saturated rings. The molecule has 4 aromatic rings. The van der Waals surface area contributed by atoms with E-state index in [4.69, 9.17) is 0 Å². The third-order valence-corrected chi connectivity index (χ3v) is 4.24. The highest BCUT2D eigenvalue weighted by Gasteiger charge is 2.06. The highest BCUT2D eigenvalue weighted by atomic mass is 19.1. The van der Waals surface area contributed by atoms with E-state index in [0.717, 1.165) is 5.56 Å². The van der Waals surface area contributed by atoms with Crippen LogP contribution in [0.3, 0.4) is 0 Å². The van der Waals surface area contributed by atoms with Crippen LogP contribution in [-0.4, -0.2) is 6.21 Å². The average molecular weight is 313 g/mol. The zero-order valence-corrected chi connectivity index (χ0v) is 13.1. The van der Waals surface area contributed by atoms with Crippen molar-refractivity contribution in [1.29, 1.82) is 0 Å². The van der Waals surface area contributed by atoms with Crippen molar-refractivity contribution in [1.82, 2.24) is 0 Å². The molecule has 0 amide bonds. The van der Waals surface area contributed by atoms with Crippen LogP contribution in [0.4, 0.5) is 4.39 Å². The third-order valence-electron chi connectivity index (χ3n) is 4.24. The minimum atomic E-state index is -0.229. The topological polar surface area (TPSA) is 12.4 Å². The van der Waals surface area contributed by atoms with E-state index < -0.39 is 0 Å². The summed E-state index contributed by atoms with van der Waals surface area (Å²) in [5, 5.41) is 4.91. The number of nitrogens with zero attached hydrogens (tertiary/aromatic N) is 1. The fraction of sp³-hybridized carbons (Fsp3) is 0.0455. The van der Waals surface area contributed by atoms with Gasteiger partial charge in [-0.2, -0.15) is 0 Å². The first-order valence-electron chi connectivity index (χ1n) is 7.96. The lowest BCUT2D eigenvalue weighted by Gasteiger charge is -2.09. The first kappa shape index (κ1) is 14.6. The Balaban J connectivity index is 1.77. The summed E-state index contributed by atoms with van der Waals surface area (Å²) in [7, 11) is 0. The minimum absolute atomic E-state index is 0.229. The zero-order valence-electron chi connectivity index (χ0n) is 13.1. The normalized spacial score (nSPS) is 11.5. The lowest BCUT2D eigenvalue weighted by atomic mass is 9.97. The molecular weight excluding hydrogens is 297 g/mol. The SMILES string of the molecule is Fc1ccc(C=NCc2c3ccccc3cc3ccccc23)cc1. The molecule has 0 heterocycles. The minimum Gasteiger partial charge on any atom is -0.288 e. The zero-order chi connectivity index (χ0) is 16.4. The number of halogens is 1. The Kier molecular flexibility index (Phi) is 3.80. The molecule has 0 unspecified atom stereocenters. The maximum absolute atomic E-state index is 13.0. The van der Waals surface area contributed by atoms with E-state index in [1.54, 1.807) is 18.3 Å². The molecule has 4 rings (SSSR count). The Labute approximate surface area is 140 Å². The summed E-state index contributed by atoms with van der Waals surface area (Å²) < 4.78 is 13.0. The first-order chi connectivity index (χ1) is 11.8. The fourth-order valence-electron chi connectivity index (χ4n) is 3.07. The van der Waals surface area contributed by atoms with Crippen molar-refractivity contribution in [2.45, 2.75) is 6.54 Å². The number of hydrogen-bond acceptors (Lipinski definition) is 1. The summed E-state index contributed by atoms with van der Waals surface area (Å²) in [6, 6.07) is 25.4. The van der Waals surface area contributed by atoms with Crippen LogP contribution in [0.15, 0.2) is 83.9 Å². The standard InChI is InChI=1S/C22H16FN/c23-19-11-9-16(10-12-19)14-24-15-22-20-7-3-1-5-17(20)13-18-6-2-4-8-21(18)22/h1-14H,15H2. The van der Waals surface area contributed by atoms with Gasteiger partial charge in [0, 0.05) is 6.21 Å². The van der Waals surface area contributed by atoms with Gasteiger partial charge in [-0.15, -0.1) is 0 Å². The molecule has 116 valence electrons. The number of rotatable bonds is 3. The molecule has 1 nitrogen and oxygen atoms in total. The molecular formula is C22H16FN. The van der Waals surface area contributed by atoms with Crippen LogP contribution in [0.2, 0.25) is 0 Å². The maximum Gasteiger partial charge on any atom is 0.123 e. The van der Waals surface area contributed by atoms with Gasteiger partial charge >= 0.3 is 0 Å². The van der Waals surface area contributed by atoms with Gasteiger partial charge in [0.25, 0.3) is 0 Å². The third kappa shape index (κ3) is 2.79. The van der Waals surface area contributed by atoms with Gasteiger partial charge in [0.05, 0.1) is 6.54 Å². The second-order valence-corrected chi connectivity index (χ2v) is 5.82. The number of hydrogen-bond donors (Lipinski definition) is 0. The van der Waals surface area contributed by atoms with E-state index in [9.17, 15) is 4.39 Å². The van der Waals surface area contributed by atoms with Crippen LogP contribution in [-0.2, 0) is 6.54 Å². The second kappa shape index (κ2) is 6.25. The van der Waals surface area contributed by atoms with Gasteiger partial charge in [0.15, 0.2) is 0 Å². The fourth-order valence-corrected chi connectivity index (χ4v) is 3.07. The largest absolute Gasteiger partial charge is 0.288 e. The monoisotopic (exact) mass is 313 g/mol. The summed E-state index contributed by atoms with van der Waals surface area (Å²) in [6.45, 7) is 0.596. The van der Waals surface area contributed by atoms with E-state index in [2.05, 4.69) is 59.6 Å². The van der Waals surface area contributed by atoms with E-state index in [1.165, 1.54) is 39.2 Å². The van der Waals surface area contributed by atoms with Gasteiger partial charge in [0.2, 0.25) is 0 Å². The molecule has 0 atom stereocenters. The summed E-state index contributed by atoms with van der Waals surface area (Å²) >= 11 is 0. The lowest BCUT2D eigenvalue weighted by molar-refractivity contribution is 0.628. The first-order valence-corrected chi connectivity index (χ1v) is 7.96. The number of benzene rings is 4. The van der Waals surface area contributed by atoms with Gasteiger partial charge in [0.1, 0.15) is 5.82 Å². The molecule has 0 aliphatic heterocycles. The molecule has 24 heavy (non-hydrogen) atoms. The van der Waals surface area contributed by atoms with E-state index in [0.29, 0.717) is 6.54 Å². The van der Waals surface area contributed by atoms with Crippen molar-refractivity contribution in [3.8, 4) is 0 Å². The summed E-state index contributed by atoms with van der Waals surface area (Å²) in [6.07, 6.45) is 1.80. The van der Waals surface area contributed by atoms with Crippen molar-refractivity contribution in [3.63, 3.8) is 0 Å². The highest BCUT2D eigenvalue weighted by Crippen LogP contribution is 2.28. The van der Waals surface area contributed by atoms with Crippen molar-refractivity contribution >= 4 is 27.8 Å². The molecule has 0 aromatic heterocycles. The van der Waals surface area contributed by atoms with Crippen LogP contribution in [0, 0.1) is 5.82 Å². The van der Waals surface area contributed by atoms with Crippen molar-refractivity contribution < 1.29 is 4.39 Å². The molecule has 2 heteroatoms. The molecule has 0 saturated carbocycles. The summed E-state index contributed by atoms with van der Waals surface area (Å²) in [5.41, 5.74) is 2.13. The van der Waals surface area contributed by atoms with Crippen LogP contribution < -0.4 is 0 Å². The Morgan fingerprint density at radius 2 is 1.33 bits per heavy atom. The van der Waals surface area contributed by atoms with Crippen LogP contribution >= 0.6 is 0 Å². The number of fused-ring (bicyclic) bond motifs is 2. The van der Waals surface area contributed by atoms with E-state index >= 15 is 0 Å². The molecule has 0 aliphatic rings. The van der Waals surface area contributed by atoms with Crippen molar-refractivity contribution in [2.75, 3.05) is 0 Å². The van der Waals surface area contributed by atoms with Crippen LogP contribution in [0.25, 0.3) is 21.5 Å². The summed E-state index contributed by atoms with van der Waals surface area (Å²) in [5.74, 6) is -0.229. The average Bonchev–Trinajstić information content (AvgIpc) is 2.63. The van der Waals surface area contributed by atoms with Gasteiger partial charge in [-0.05, 0) is 50.9 Å². The Hall–Kier alpha value is -3.00. The van der Waals surface area contributed by atoms with Crippen LogP contribution in [0.5, 0.6) is 0 Å².